The van der Waals surface area contributed by atoms with Crippen LogP contribution in [0.1, 0.15) is 37.8 Å². The molecule has 1 saturated heterocycles. The second-order valence-corrected chi connectivity index (χ2v) is 7.37. The summed E-state index contributed by atoms with van der Waals surface area (Å²) < 4.78 is 0. The van der Waals surface area contributed by atoms with E-state index < -0.39 is 12.0 Å². The molecule has 0 saturated carbocycles. The molecule has 1 heterocycles. The van der Waals surface area contributed by atoms with E-state index in [0.29, 0.717) is 19.5 Å². The minimum atomic E-state index is -0.812. The van der Waals surface area contributed by atoms with Gasteiger partial charge < -0.3 is 15.3 Å². The highest BCUT2D eigenvalue weighted by molar-refractivity contribution is 5.90. The average molecular weight is 396 g/mol. The maximum Gasteiger partial charge on any atom is 0.325 e. The molecular weight excluding hydrogens is 366 g/mol. The van der Waals surface area contributed by atoms with Crippen LogP contribution in [-0.2, 0) is 9.59 Å². The molecule has 6 nitrogen and oxygen atoms in total. The third kappa shape index (κ3) is 5.57. The van der Waals surface area contributed by atoms with E-state index in [4.69, 9.17) is 0 Å². The molecule has 29 heavy (non-hydrogen) atoms. The summed E-state index contributed by atoms with van der Waals surface area (Å²) in [6.07, 6.45) is 2.45. The first kappa shape index (κ1) is 20.9. The first-order valence-electron chi connectivity index (χ1n) is 10.2. The van der Waals surface area contributed by atoms with Crippen molar-refractivity contribution in [2.24, 2.45) is 0 Å². The predicted octanol–water partition coefficient (Wildman–Crippen LogP) is 3.76. The Labute approximate surface area is 172 Å². The molecule has 1 amide bonds. The van der Waals surface area contributed by atoms with Crippen LogP contribution in [0.5, 0.6) is 0 Å². The van der Waals surface area contributed by atoms with Gasteiger partial charge in [-0.1, -0.05) is 43.7 Å². The lowest BCUT2D eigenvalue weighted by molar-refractivity contribution is -0.143. The van der Waals surface area contributed by atoms with Crippen LogP contribution in [0, 0.1) is 0 Å². The fourth-order valence-corrected chi connectivity index (χ4v) is 3.70. The van der Waals surface area contributed by atoms with E-state index in [1.165, 1.54) is 0 Å². The van der Waals surface area contributed by atoms with Gasteiger partial charge in [0.2, 0.25) is 5.91 Å². The fraction of sp³-hybridized carbons (Fsp3) is 0.391. The van der Waals surface area contributed by atoms with Crippen molar-refractivity contribution in [3.8, 4) is 0 Å². The number of benzene rings is 2. The highest BCUT2D eigenvalue weighted by Gasteiger charge is 2.30. The van der Waals surface area contributed by atoms with Gasteiger partial charge in [0.25, 0.3) is 0 Å². The van der Waals surface area contributed by atoms with Gasteiger partial charge in [0.1, 0.15) is 6.04 Å². The van der Waals surface area contributed by atoms with Crippen molar-refractivity contribution >= 4 is 23.3 Å². The number of amides is 1. The van der Waals surface area contributed by atoms with E-state index >= 15 is 0 Å². The van der Waals surface area contributed by atoms with Crippen LogP contribution in [-0.4, -0.2) is 48.1 Å². The number of carbonyl (C=O) groups excluding carboxylic acids is 1. The summed E-state index contributed by atoms with van der Waals surface area (Å²) in [5.74, 6) is -0.762. The molecule has 1 aliphatic heterocycles. The molecule has 0 radical (unpaired) electrons. The van der Waals surface area contributed by atoms with Gasteiger partial charge in [-0.15, -0.1) is 0 Å². The van der Waals surface area contributed by atoms with Crippen molar-refractivity contribution in [1.29, 1.82) is 0 Å². The molecule has 0 bridgehead atoms. The number of rotatable bonds is 8. The number of nitrogens with zero attached hydrogens (tertiary/aromatic N) is 2. The Morgan fingerprint density at radius 2 is 1.66 bits per heavy atom. The minimum absolute atomic E-state index is 0.0499. The molecule has 3 rings (SSSR count). The Hall–Kier alpha value is -2.86. The van der Waals surface area contributed by atoms with Gasteiger partial charge in [0.15, 0.2) is 0 Å². The number of anilines is 2. The smallest absolute Gasteiger partial charge is 0.325 e. The van der Waals surface area contributed by atoms with E-state index in [1.807, 2.05) is 59.5 Å². The van der Waals surface area contributed by atoms with E-state index in [1.54, 1.807) is 0 Å². The number of nitrogens with one attached hydrogen (secondary N) is 1. The number of unbranched alkanes of at least 4 members (excludes halogenated alkanes) is 1. The summed E-state index contributed by atoms with van der Waals surface area (Å²) in [4.78, 5) is 28.0. The second-order valence-electron chi connectivity index (χ2n) is 7.37. The lowest BCUT2D eigenvalue weighted by Crippen LogP contribution is -2.49. The van der Waals surface area contributed by atoms with Crippen LogP contribution in [0.2, 0.25) is 0 Å². The molecule has 6 heteroatoms. The summed E-state index contributed by atoms with van der Waals surface area (Å²) >= 11 is 0. The molecule has 0 spiro atoms. The number of hydrogen-bond donors (Lipinski definition) is 2. The largest absolute Gasteiger partial charge is 0.480 e. The molecule has 1 atom stereocenters. The molecule has 1 fully saturated rings. The maximum absolute atomic E-state index is 11.9. The van der Waals surface area contributed by atoms with E-state index in [0.717, 1.165) is 42.9 Å². The summed E-state index contributed by atoms with van der Waals surface area (Å²) in [5, 5.41) is 12.7. The van der Waals surface area contributed by atoms with Crippen molar-refractivity contribution in [2.45, 2.75) is 32.2 Å². The van der Waals surface area contributed by atoms with Crippen LogP contribution in [0.15, 0.2) is 54.6 Å². The molecule has 2 aromatic rings. The van der Waals surface area contributed by atoms with Crippen molar-refractivity contribution in [3.63, 3.8) is 0 Å². The number of piperazine rings is 1. The van der Waals surface area contributed by atoms with Crippen LogP contribution < -0.4 is 10.2 Å². The normalized spacial score (nSPS) is 15.7. The molecule has 154 valence electrons. The molecule has 1 aliphatic rings. The van der Waals surface area contributed by atoms with E-state index in [9.17, 15) is 14.7 Å². The molecule has 0 aromatic heterocycles. The Morgan fingerprint density at radius 1 is 1.00 bits per heavy atom. The molecular formula is C23H29N3O3. The summed E-state index contributed by atoms with van der Waals surface area (Å²) in [6, 6.07) is 16.7. The van der Waals surface area contributed by atoms with E-state index in [2.05, 4.69) is 17.1 Å². The van der Waals surface area contributed by atoms with Crippen molar-refractivity contribution in [3.05, 3.63) is 60.2 Å². The second kappa shape index (κ2) is 10.1. The van der Waals surface area contributed by atoms with Gasteiger partial charge in [-0.05, 0) is 36.2 Å². The quantitative estimate of drug-likeness (QED) is 0.712. The van der Waals surface area contributed by atoms with E-state index in [-0.39, 0.29) is 5.91 Å². The Balaban J connectivity index is 1.57. The Kier molecular flexibility index (Phi) is 7.25. The predicted molar refractivity (Wildman–Crippen MR) is 115 cm³/mol. The standard InChI is InChI=1S/C23H29N3O3/c1-2-3-9-21(27)24-19-10-12-20(13-11-19)25-14-16-26(17-15-25)22(23(28)29)18-7-5-4-6-8-18/h4-8,10-13,22H,2-3,9,14-17H2,1H3,(H,24,27)(H,28,29). The summed E-state index contributed by atoms with van der Waals surface area (Å²) in [6.45, 7) is 4.96. The van der Waals surface area contributed by atoms with Crippen LogP contribution in [0.3, 0.4) is 0 Å². The Morgan fingerprint density at radius 3 is 2.24 bits per heavy atom. The molecule has 0 aliphatic carbocycles. The number of aliphatic carboxylic acids is 1. The van der Waals surface area contributed by atoms with Crippen molar-refractivity contribution in [1.82, 2.24) is 4.90 Å². The van der Waals surface area contributed by atoms with Gasteiger partial charge in [-0.2, -0.15) is 0 Å². The van der Waals surface area contributed by atoms with Gasteiger partial charge in [0.05, 0.1) is 0 Å². The van der Waals surface area contributed by atoms with Gasteiger partial charge in [-0.25, -0.2) is 0 Å². The molecule has 1 unspecified atom stereocenters. The number of carboxylic acids is 1. The van der Waals surface area contributed by atoms with Crippen molar-refractivity contribution in [2.75, 3.05) is 36.4 Å². The summed E-state index contributed by atoms with van der Waals surface area (Å²) in [5.41, 5.74) is 2.71. The topological polar surface area (TPSA) is 72.9 Å². The van der Waals surface area contributed by atoms with Gasteiger partial charge in [-0.3, -0.25) is 14.5 Å². The van der Waals surface area contributed by atoms with Gasteiger partial charge in [0, 0.05) is 44.0 Å². The molecule has 2 aromatic carbocycles. The van der Waals surface area contributed by atoms with Gasteiger partial charge >= 0.3 is 5.97 Å². The first-order chi connectivity index (χ1) is 14.1. The first-order valence-corrected chi connectivity index (χ1v) is 10.2. The third-order valence-corrected chi connectivity index (χ3v) is 5.30. The zero-order valence-corrected chi connectivity index (χ0v) is 16.9. The van der Waals surface area contributed by atoms with Crippen LogP contribution in [0.4, 0.5) is 11.4 Å². The fourth-order valence-electron chi connectivity index (χ4n) is 3.70. The lowest BCUT2D eigenvalue weighted by atomic mass is 10.0. The number of carboxylic acid groups (broad SMARTS) is 1. The zero-order valence-electron chi connectivity index (χ0n) is 16.9. The minimum Gasteiger partial charge on any atom is -0.480 e. The average Bonchev–Trinajstić information content (AvgIpc) is 2.74. The SMILES string of the molecule is CCCCC(=O)Nc1ccc(N2CCN(C(C(=O)O)c3ccccc3)CC2)cc1. The monoisotopic (exact) mass is 395 g/mol. The summed E-state index contributed by atoms with van der Waals surface area (Å²) in [7, 11) is 0. The van der Waals surface area contributed by atoms with Crippen LogP contribution >= 0.6 is 0 Å². The van der Waals surface area contributed by atoms with Crippen molar-refractivity contribution < 1.29 is 14.7 Å². The van der Waals surface area contributed by atoms with Crippen LogP contribution in [0.25, 0.3) is 0 Å². The maximum atomic E-state index is 11.9. The zero-order chi connectivity index (χ0) is 20.6. The third-order valence-electron chi connectivity index (χ3n) is 5.30. The Bertz CT molecular complexity index is 800. The lowest BCUT2D eigenvalue weighted by Gasteiger charge is -2.39. The highest BCUT2D eigenvalue weighted by atomic mass is 16.4. The molecule has 2 N–H and O–H groups in total. The number of carbonyl (C=O) groups is 2. The highest BCUT2D eigenvalue weighted by Crippen LogP contribution is 2.25. The number of hydrogen-bond acceptors (Lipinski definition) is 4.